The Balaban J connectivity index is 2.31. The van der Waals surface area contributed by atoms with E-state index in [2.05, 4.69) is 45.2 Å². The van der Waals surface area contributed by atoms with Crippen LogP contribution in [-0.2, 0) is 0 Å². The quantitative estimate of drug-likeness (QED) is 0.507. The highest BCUT2D eigenvalue weighted by Gasteiger charge is 2.08. The molecule has 0 aliphatic carbocycles. The number of rotatable bonds is 2. The molecule has 0 saturated carbocycles. The fourth-order valence-corrected chi connectivity index (χ4v) is 3.49. The van der Waals surface area contributed by atoms with Gasteiger partial charge in [0, 0.05) is 0 Å². The third-order valence-corrected chi connectivity index (χ3v) is 4.65. The van der Waals surface area contributed by atoms with Crippen LogP contribution in [-0.4, -0.2) is 10.2 Å². The second kappa shape index (κ2) is 5.99. The monoisotopic (exact) mass is 580 g/mol. The fourth-order valence-electron chi connectivity index (χ4n) is 1.29. The van der Waals surface area contributed by atoms with Crippen molar-refractivity contribution in [2.45, 2.75) is 0 Å². The minimum atomic E-state index is 0.234. The van der Waals surface area contributed by atoms with E-state index in [1.165, 1.54) is 0 Å². The van der Waals surface area contributed by atoms with Gasteiger partial charge in [-0.05, 0) is 98.1 Å². The highest BCUT2D eigenvalue weighted by Crippen LogP contribution is 2.34. The molecule has 2 aromatic carbocycles. The van der Waals surface area contributed by atoms with Gasteiger partial charge in [0.1, 0.15) is 23.0 Å². The van der Waals surface area contributed by atoms with Gasteiger partial charge in [-0.15, -0.1) is 0 Å². The first-order chi connectivity index (χ1) is 8.47. The molecule has 0 fully saturated rings. The smallest absolute Gasteiger partial charge is 0.142 e. The second-order valence-electron chi connectivity index (χ2n) is 3.45. The van der Waals surface area contributed by atoms with Crippen LogP contribution in [0.25, 0.3) is 0 Å². The molecule has 0 aliphatic rings. The number of hydrogen-bond donors (Lipinski definition) is 2. The lowest BCUT2D eigenvalue weighted by Crippen LogP contribution is -1.88. The molecule has 0 spiro atoms. The molecular weight excluding hydrogens is 573 g/mol. The fraction of sp³-hybridized carbons (Fsp3) is 0. The van der Waals surface area contributed by atoms with Gasteiger partial charge in [-0.3, -0.25) is 0 Å². The SMILES string of the molecule is Oc1ccc(Oc2cc(I)c(O)c(I)c2)cc1I. The van der Waals surface area contributed by atoms with Gasteiger partial charge in [0.2, 0.25) is 0 Å². The lowest BCUT2D eigenvalue weighted by atomic mass is 10.3. The zero-order valence-corrected chi connectivity index (χ0v) is 15.3. The minimum Gasteiger partial charge on any atom is -0.507 e. The Hall–Kier alpha value is 0.0300. The van der Waals surface area contributed by atoms with Crippen molar-refractivity contribution in [3.05, 3.63) is 41.0 Å². The Labute approximate surface area is 145 Å². The van der Waals surface area contributed by atoms with E-state index in [1.54, 1.807) is 30.3 Å². The zero-order chi connectivity index (χ0) is 13.3. The van der Waals surface area contributed by atoms with Gasteiger partial charge in [-0.2, -0.15) is 0 Å². The molecule has 2 N–H and O–H groups in total. The van der Waals surface area contributed by atoms with E-state index in [4.69, 9.17) is 4.74 Å². The molecule has 0 saturated heterocycles. The van der Waals surface area contributed by atoms with Crippen LogP contribution in [0.5, 0.6) is 23.0 Å². The van der Waals surface area contributed by atoms with Crippen LogP contribution in [0.4, 0.5) is 0 Å². The van der Waals surface area contributed by atoms with E-state index >= 15 is 0 Å². The Kier molecular flexibility index (Phi) is 4.80. The Morgan fingerprint density at radius 3 is 1.89 bits per heavy atom. The van der Waals surface area contributed by atoms with Gasteiger partial charge in [0.05, 0.1) is 10.7 Å². The van der Waals surface area contributed by atoms with Gasteiger partial charge in [-0.25, -0.2) is 0 Å². The van der Waals surface area contributed by atoms with Gasteiger partial charge in [0.25, 0.3) is 0 Å². The van der Waals surface area contributed by atoms with Crippen molar-refractivity contribution in [1.82, 2.24) is 0 Å². The van der Waals surface area contributed by atoms with E-state index in [0.717, 1.165) is 10.7 Å². The minimum absolute atomic E-state index is 0.234. The summed E-state index contributed by atoms with van der Waals surface area (Å²) in [7, 11) is 0. The standard InChI is InChI=1S/C12H7I3O3/c13-8-3-6(1-2-11(8)16)18-7-4-9(14)12(17)10(15)5-7/h1-5,16-17H. The Morgan fingerprint density at radius 1 is 0.778 bits per heavy atom. The van der Waals surface area contributed by atoms with Gasteiger partial charge in [-0.1, -0.05) is 0 Å². The maximum absolute atomic E-state index is 9.67. The molecule has 0 bridgehead atoms. The molecule has 0 aliphatic heterocycles. The van der Waals surface area contributed by atoms with E-state index in [9.17, 15) is 10.2 Å². The normalized spacial score (nSPS) is 10.4. The lowest BCUT2D eigenvalue weighted by molar-refractivity contribution is 0.453. The van der Waals surface area contributed by atoms with E-state index in [-0.39, 0.29) is 11.5 Å². The predicted molar refractivity (Wildman–Crippen MR) is 94.4 cm³/mol. The summed E-state index contributed by atoms with van der Waals surface area (Å²) in [4.78, 5) is 0. The van der Waals surface area contributed by atoms with Crippen LogP contribution in [0.3, 0.4) is 0 Å². The topological polar surface area (TPSA) is 49.7 Å². The first kappa shape index (κ1) is 14.4. The average molecular weight is 580 g/mol. The van der Waals surface area contributed by atoms with Crippen molar-refractivity contribution >= 4 is 67.8 Å². The maximum Gasteiger partial charge on any atom is 0.142 e. The summed E-state index contributed by atoms with van der Waals surface area (Å²) >= 11 is 6.15. The summed E-state index contributed by atoms with van der Waals surface area (Å²) in [6.45, 7) is 0. The Morgan fingerprint density at radius 2 is 1.33 bits per heavy atom. The van der Waals surface area contributed by atoms with Crippen LogP contribution >= 0.6 is 67.8 Å². The maximum atomic E-state index is 9.67. The average Bonchev–Trinajstić information content (AvgIpc) is 2.31. The zero-order valence-electron chi connectivity index (χ0n) is 8.82. The number of phenols is 2. The molecule has 18 heavy (non-hydrogen) atoms. The molecule has 6 heteroatoms. The highest BCUT2D eigenvalue weighted by molar-refractivity contribution is 14.1. The number of phenolic OH excluding ortho intramolecular Hbond substituents is 2. The molecule has 0 unspecified atom stereocenters. The lowest BCUT2D eigenvalue weighted by Gasteiger charge is -2.09. The first-order valence-electron chi connectivity index (χ1n) is 4.82. The summed E-state index contributed by atoms with van der Waals surface area (Å²) in [6, 6.07) is 8.57. The first-order valence-corrected chi connectivity index (χ1v) is 8.05. The van der Waals surface area contributed by atoms with Crippen molar-refractivity contribution in [3.63, 3.8) is 0 Å². The molecule has 2 aromatic rings. The van der Waals surface area contributed by atoms with Crippen molar-refractivity contribution < 1.29 is 14.9 Å². The van der Waals surface area contributed by atoms with Crippen molar-refractivity contribution in [2.24, 2.45) is 0 Å². The Bertz CT molecular complexity index is 576. The van der Waals surface area contributed by atoms with Gasteiger partial charge in [0.15, 0.2) is 0 Å². The molecule has 0 heterocycles. The molecular formula is C12H7I3O3. The van der Waals surface area contributed by atoms with Crippen LogP contribution in [0.2, 0.25) is 0 Å². The third kappa shape index (κ3) is 3.32. The number of ether oxygens (including phenoxy) is 1. The summed E-state index contributed by atoms with van der Waals surface area (Å²) in [5.74, 6) is 1.80. The van der Waals surface area contributed by atoms with Crippen LogP contribution in [0.1, 0.15) is 0 Å². The summed E-state index contributed by atoms with van der Waals surface area (Å²) in [5, 5.41) is 19.1. The van der Waals surface area contributed by atoms with Crippen LogP contribution < -0.4 is 4.74 Å². The second-order valence-corrected chi connectivity index (χ2v) is 6.94. The van der Waals surface area contributed by atoms with E-state index in [1.807, 2.05) is 22.6 Å². The molecule has 0 atom stereocenters. The molecule has 0 radical (unpaired) electrons. The molecule has 94 valence electrons. The molecule has 0 amide bonds. The highest BCUT2D eigenvalue weighted by atomic mass is 127. The van der Waals surface area contributed by atoms with Crippen LogP contribution in [0.15, 0.2) is 30.3 Å². The predicted octanol–water partition coefficient (Wildman–Crippen LogP) is 4.70. The van der Waals surface area contributed by atoms with Crippen molar-refractivity contribution in [3.8, 4) is 23.0 Å². The molecule has 2 rings (SSSR count). The van der Waals surface area contributed by atoms with Crippen molar-refractivity contribution in [1.29, 1.82) is 0 Å². The molecule has 3 nitrogen and oxygen atoms in total. The number of aromatic hydroxyl groups is 2. The van der Waals surface area contributed by atoms with Crippen LogP contribution in [0, 0.1) is 10.7 Å². The van der Waals surface area contributed by atoms with E-state index < -0.39 is 0 Å². The third-order valence-electron chi connectivity index (χ3n) is 2.15. The number of benzene rings is 2. The van der Waals surface area contributed by atoms with Gasteiger partial charge >= 0.3 is 0 Å². The van der Waals surface area contributed by atoms with Crippen molar-refractivity contribution in [2.75, 3.05) is 0 Å². The number of halogens is 3. The summed E-state index contributed by atoms with van der Waals surface area (Å²) < 4.78 is 7.90. The molecule has 0 aromatic heterocycles. The van der Waals surface area contributed by atoms with E-state index in [0.29, 0.717) is 11.5 Å². The summed E-state index contributed by atoms with van der Waals surface area (Å²) in [5.41, 5.74) is 0. The largest absolute Gasteiger partial charge is 0.507 e. The van der Waals surface area contributed by atoms with Gasteiger partial charge < -0.3 is 14.9 Å². The number of hydrogen-bond acceptors (Lipinski definition) is 3. The summed E-state index contributed by atoms with van der Waals surface area (Å²) in [6.07, 6.45) is 0.